The highest BCUT2D eigenvalue weighted by Crippen LogP contribution is 2.39. The SMILES string of the molecule is O=C(C(c1ccc(S(=O)(=O)F)cc1)c1ccc2ccccc2c1O)N1Cc2ccccc2C1. The molecule has 0 saturated heterocycles. The fourth-order valence-corrected chi connectivity index (χ4v) is 4.92. The number of rotatable bonds is 4. The van der Waals surface area contributed by atoms with Crippen molar-refractivity contribution < 1.29 is 22.2 Å². The fourth-order valence-electron chi connectivity index (χ4n) is 4.45. The first-order valence-electron chi connectivity index (χ1n) is 10.4. The third kappa shape index (κ3) is 3.85. The monoisotopic (exact) mass is 461 g/mol. The summed E-state index contributed by atoms with van der Waals surface area (Å²) in [6.45, 7) is 0.883. The van der Waals surface area contributed by atoms with E-state index in [9.17, 15) is 22.2 Å². The van der Waals surface area contributed by atoms with E-state index in [0.29, 0.717) is 29.6 Å². The summed E-state index contributed by atoms with van der Waals surface area (Å²) in [6.07, 6.45) is 0. The molecule has 4 aromatic carbocycles. The summed E-state index contributed by atoms with van der Waals surface area (Å²) >= 11 is 0. The van der Waals surface area contributed by atoms with Gasteiger partial charge in [-0.3, -0.25) is 4.79 Å². The van der Waals surface area contributed by atoms with E-state index in [2.05, 4.69) is 0 Å². The summed E-state index contributed by atoms with van der Waals surface area (Å²) in [4.78, 5) is 15.0. The lowest BCUT2D eigenvalue weighted by atomic mass is 9.87. The number of fused-ring (bicyclic) bond motifs is 2. The minimum Gasteiger partial charge on any atom is -0.507 e. The van der Waals surface area contributed by atoms with Crippen LogP contribution in [0.3, 0.4) is 0 Å². The number of hydrogen-bond donors (Lipinski definition) is 1. The zero-order valence-corrected chi connectivity index (χ0v) is 18.3. The predicted molar refractivity (Wildman–Crippen MR) is 123 cm³/mol. The Hall–Kier alpha value is -3.71. The van der Waals surface area contributed by atoms with Crippen molar-refractivity contribution in [3.63, 3.8) is 0 Å². The molecule has 5 rings (SSSR count). The van der Waals surface area contributed by atoms with Crippen molar-refractivity contribution >= 4 is 26.9 Å². The molecular formula is C26H20FNO4S. The number of benzene rings is 4. The van der Waals surface area contributed by atoms with Crippen molar-refractivity contribution in [1.82, 2.24) is 4.90 Å². The standard InChI is InChI=1S/C26H20FNO4S/c27-33(31,32)21-12-9-18(10-13-21)24(23-14-11-17-5-3-4-8-22(17)25(23)29)26(30)28-15-19-6-1-2-7-20(19)16-28/h1-14,24,29H,15-16H2. The van der Waals surface area contributed by atoms with Crippen LogP contribution in [0.15, 0.2) is 89.8 Å². The first-order valence-corrected chi connectivity index (χ1v) is 11.8. The molecule has 0 aliphatic carbocycles. The second kappa shape index (κ2) is 8.01. The Kier molecular flexibility index (Phi) is 5.13. The molecule has 1 amide bonds. The van der Waals surface area contributed by atoms with Gasteiger partial charge in [0.2, 0.25) is 5.91 Å². The third-order valence-electron chi connectivity index (χ3n) is 6.14. The minimum absolute atomic E-state index is 0.00893. The Morgan fingerprint density at radius 1 is 0.848 bits per heavy atom. The van der Waals surface area contributed by atoms with Crippen LogP contribution in [0.4, 0.5) is 3.89 Å². The number of aromatic hydroxyl groups is 1. The largest absolute Gasteiger partial charge is 0.507 e. The van der Waals surface area contributed by atoms with Crippen LogP contribution in [0.1, 0.15) is 28.2 Å². The van der Waals surface area contributed by atoms with Crippen LogP contribution in [0.25, 0.3) is 10.8 Å². The lowest BCUT2D eigenvalue weighted by Gasteiger charge is -2.25. The number of phenols is 1. The second-order valence-electron chi connectivity index (χ2n) is 8.13. The van der Waals surface area contributed by atoms with Gasteiger partial charge < -0.3 is 10.0 Å². The van der Waals surface area contributed by atoms with Gasteiger partial charge >= 0.3 is 10.2 Å². The normalized spacial score (nSPS) is 14.3. The minimum atomic E-state index is -4.86. The van der Waals surface area contributed by atoms with Gasteiger partial charge in [-0.1, -0.05) is 72.8 Å². The van der Waals surface area contributed by atoms with Crippen molar-refractivity contribution in [1.29, 1.82) is 0 Å². The molecular weight excluding hydrogens is 441 g/mol. The predicted octanol–water partition coefficient (Wildman–Crippen LogP) is 4.88. The first-order chi connectivity index (χ1) is 15.8. The van der Waals surface area contributed by atoms with Crippen LogP contribution < -0.4 is 0 Å². The Morgan fingerprint density at radius 2 is 1.45 bits per heavy atom. The molecule has 0 fully saturated rings. The number of amides is 1. The number of carbonyl (C=O) groups is 1. The molecule has 1 unspecified atom stereocenters. The smallest absolute Gasteiger partial charge is 0.332 e. The number of halogens is 1. The molecule has 0 saturated carbocycles. The van der Waals surface area contributed by atoms with Crippen LogP contribution in [-0.2, 0) is 28.1 Å². The van der Waals surface area contributed by atoms with E-state index in [1.807, 2.05) is 42.5 Å². The average molecular weight is 462 g/mol. The van der Waals surface area contributed by atoms with Gasteiger partial charge in [0.1, 0.15) is 5.75 Å². The number of carbonyl (C=O) groups excluding carboxylic acids is 1. The van der Waals surface area contributed by atoms with Crippen molar-refractivity contribution in [2.75, 3.05) is 0 Å². The van der Waals surface area contributed by atoms with Gasteiger partial charge in [-0.2, -0.15) is 8.42 Å². The maximum atomic E-state index is 13.8. The molecule has 1 atom stereocenters. The molecule has 166 valence electrons. The molecule has 5 nitrogen and oxygen atoms in total. The summed E-state index contributed by atoms with van der Waals surface area (Å²) in [7, 11) is -4.86. The number of nitrogens with zero attached hydrogens (tertiary/aromatic N) is 1. The van der Waals surface area contributed by atoms with Crippen molar-refractivity contribution in [2.45, 2.75) is 23.9 Å². The molecule has 33 heavy (non-hydrogen) atoms. The highest BCUT2D eigenvalue weighted by molar-refractivity contribution is 7.86. The molecule has 4 aromatic rings. The lowest BCUT2D eigenvalue weighted by Crippen LogP contribution is -2.31. The quantitative estimate of drug-likeness (QED) is 0.440. The third-order valence-corrected chi connectivity index (χ3v) is 6.97. The van der Waals surface area contributed by atoms with Crippen molar-refractivity contribution in [3.05, 3.63) is 107 Å². The topological polar surface area (TPSA) is 74.7 Å². The fraction of sp³-hybridized carbons (Fsp3) is 0.115. The Morgan fingerprint density at radius 3 is 2.09 bits per heavy atom. The summed E-state index contributed by atoms with van der Waals surface area (Å²) < 4.78 is 36.0. The molecule has 1 aliphatic heterocycles. The summed E-state index contributed by atoms with van der Waals surface area (Å²) in [5.74, 6) is -1.13. The molecule has 0 radical (unpaired) electrons. The average Bonchev–Trinajstić information content (AvgIpc) is 3.25. The maximum absolute atomic E-state index is 13.8. The van der Waals surface area contributed by atoms with E-state index < -0.39 is 21.0 Å². The van der Waals surface area contributed by atoms with Crippen LogP contribution in [0.5, 0.6) is 5.75 Å². The van der Waals surface area contributed by atoms with Crippen molar-refractivity contribution in [2.24, 2.45) is 0 Å². The molecule has 0 aromatic heterocycles. The summed E-state index contributed by atoms with van der Waals surface area (Å²) in [5, 5.41) is 12.5. The number of hydrogen-bond acceptors (Lipinski definition) is 4. The van der Waals surface area contributed by atoms with E-state index in [1.54, 1.807) is 23.1 Å². The van der Waals surface area contributed by atoms with E-state index >= 15 is 0 Å². The Bertz CT molecular complexity index is 1460. The van der Waals surface area contributed by atoms with E-state index in [0.717, 1.165) is 28.6 Å². The van der Waals surface area contributed by atoms with Gasteiger partial charge in [0.05, 0.1) is 10.8 Å². The van der Waals surface area contributed by atoms with Gasteiger partial charge in [0.25, 0.3) is 0 Å². The van der Waals surface area contributed by atoms with Gasteiger partial charge in [-0.05, 0) is 34.2 Å². The van der Waals surface area contributed by atoms with E-state index in [-0.39, 0.29) is 11.7 Å². The summed E-state index contributed by atoms with van der Waals surface area (Å²) in [6, 6.07) is 23.8. The van der Waals surface area contributed by atoms with Crippen LogP contribution in [-0.4, -0.2) is 24.3 Å². The van der Waals surface area contributed by atoms with Gasteiger partial charge in [0.15, 0.2) is 0 Å². The maximum Gasteiger partial charge on any atom is 0.332 e. The molecule has 1 N–H and O–H groups in total. The van der Waals surface area contributed by atoms with Crippen molar-refractivity contribution in [3.8, 4) is 5.75 Å². The zero-order valence-electron chi connectivity index (χ0n) is 17.5. The van der Waals surface area contributed by atoms with Crippen LogP contribution in [0, 0.1) is 0 Å². The molecule has 1 heterocycles. The van der Waals surface area contributed by atoms with Crippen LogP contribution in [0.2, 0.25) is 0 Å². The Labute approximate surface area is 190 Å². The van der Waals surface area contributed by atoms with E-state index in [4.69, 9.17) is 0 Å². The van der Waals surface area contributed by atoms with Gasteiger partial charge in [-0.15, -0.1) is 3.89 Å². The van der Waals surface area contributed by atoms with Crippen LogP contribution >= 0.6 is 0 Å². The van der Waals surface area contributed by atoms with Gasteiger partial charge in [0, 0.05) is 24.0 Å². The second-order valence-corrected chi connectivity index (χ2v) is 9.47. The zero-order chi connectivity index (χ0) is 23.2. The van der Waals surface area contributed by atoms with E-state index in [1.165, 1.54) is 12.1 Å². The lowest BCUT2D eigenvalue weighted by molar-refractivity contribution is -0.132. The molecule has 1 aliphatic rings. The van der Waals surface area contributed by atoms with Gasteiger partial charge in [-0.25, -0.2) is 0 Å². The molecule has 7 heteroatoms. The number of phenolic OH excluding ortho intramolecular Hbond substituents is 1. The molecule has 0 spiro atoms. The highest BCUT2D eigenvalue weighted by atomic mass is 32.3. The Balaban J connectivity index is 1.61. The molecule has 0 bridgehead atoms. The highest BCUT2D eigenvalue weighted by Gasteiger charge is 2.33. The first kappa shape index (κ1) is 21.2. The summed E-state index contributed by atoms with van der Waals surface area (Å²) in [5.41, 5.74) is 3.00.